The molecule has 0 aromatic heterocycles. The molecule has 1 aromatic rings. The lowest BCUT2D eigenvalue weighted by Crippen LogP contribution is -2.51. The molecule has 136 valence electrons. The summed E-state index contributed by atoms with van der Waals surface area (Å²) in [5, 5.41) is 2.79. The van der Waals surface area contributed by atoms with E-state index in [1.54, 1.807) is 4.90 Å². The lowest BCUT2D eigenvalue weighted by Gasteiger charge is -2.26. The minimum Gasteiger partial charge on any atom is -0.332 e. The third-order valence-electron chi connectivity index (χ3n) is 5.43. The number of carbonyl (C=O) groups is 3. The fourth-order valence-corrected chi connectivity index (χ4v) is 5.23. The lowest BCUT2D eigenvalue weighted by molar-refractivity contribution is -0.137. The smallest absolute Gasteiger partial charge is 0.241 e. The molecule has 0 bridgehead atoms. The van der Waals surface area contributed by atoms with Gasteiger partial charge in [-0.3, -0.25) is 14.9 Å². The van der Waals surface area contributed by atoms with E-state index >= 15 is 0 Å². The zero-order valence-electron chi connectivity index (χ0n) is 14.5. The highest BCUT2D eigenvalue weighted by Crippen LogP contribution is 2.31. The summed E-state index contributed by atoms with van der Waals surface area (Å²) in [5.74, 6) is 0.581. The summed E-state index contributed by atoms with van der Waals surface area (Å²) in [7, 11) is 0. The van der Waals surface area contributed by atoms with Gasteiger partial charge in [-0.1, -0.05) is 35.9 Å². The normalized spacial score (nSPS) is 27.3. The first-order valence-corrected chi connectivity index (χ1v) is 10.1. The number of carbonyl (C=O) groups excluding carboxylic acids is 3. The fourth-order valence-electron chi connectivity index (χ4n) is 4.10. The van der Waals surface area contributed by atoms with Crippen LogP contribution in [0.5, 0.6) is 0 Å². The molecule has 6 heteroatoms. The van der Waals surface area contributed by atoms with Crippen LogP contribution < -0.4 is 5.32 Å². The molecule has 2 saturated heterocycles. The Morgan fingerprint density at radius 3 is 2.96 bits per heavy atom. The Bertz CT molecular complexity index is 776. The van der Waals surface area contributed by atoms with Gasteiger partial charge >= 0.3 is 0 Å². The number of likely N-dealkylation sites (tertiary alicyclic amines) is 1. The second-order valence-corrected chi connectivity index (χ2v) is 8.24. The standard InChI is InChI=1S/C20H22N2O3S/c23-11-16-6-3-7-22(16)20(25)18-19(26-12-21-18)17(24)10-13-8-14-4-1-2-5-15(14)9-13/h1-2,4-5,8,11,16,18-19,21H,3,6-7,9-10,12H2/t16-,18-,19?/m0/s1. The number of amides is 1. The summed E-state index contributed by atoms with van der Waals surface area (Å²) in [6.45, 7) is 0.604. The second-order valence-electron chi connectivity index (χ2n) is 7.11. The Labute approximate surface area is 157 Å². The topological polar surface area (TPSA) is 66.5 Å². The van der Waals surface area contributed by atoms with E-state index in [2.05, 4.69) is 23.5 Å². The van der Waals surface area contributed by atoms with Crippen LogP contribution in [0.4, 0.5) is 0 Å². The van der Waals surface area contributed by atoms with Crippen LogP contribution in [0, 0.1) is 0 Å². The zero-order valence-corrected chi connectivity index (χ0v) is 15.3. The van der Waals surface area contributed by atoms with Gasteiger partial charge in [0.05, 0.1) is 11.3 Å². The van der Waals surface area contributed by atoms with Crippen molar-refractivity contribution in [3.05, 3.63) is 41.0 Å². The lowest BCUT2D eigenvalue weighted by atomic mass is 10.0. The second kappa shape index (κ2) is 7.37. The Morgan fingerprint density at radius 1 is 1.31 bits per heavy atom. The molecule has 4 rings (SSSR count). The van der Waals surface area contributed by atoms with Crippen molar-refractivity contribution >= 4 is 35.8 Å². The molecule has 26 heavy (non-hydrogen) atoms. The van der Waals surface area contributed by atoms with E-state index in [1.165, 1.54) is 22.9 Å². The highest BCUT2D eigenvalue weighted by Gasteiger charge is 2.42. The molecule has 3 aliphatic rings. The number of ketones is 1. The van der Waals surface area contributed by atoms with Crippen molar-refractivity contribution < 1.29 is 14.4 Å². The van der Waals surface area contributed by atoms with E-state index in [1.807, 2.05) is 12.1 Å². The van der Waals surface area contributed by atoms with Crippen LogP contribution in [0.2, 0.25) is 0 Å². The Hall–Kier alpha value is -1.92. The Morgan fingerprint density at radius 2 is 2.15 bits per heavy atom. The van der Waals surface area contributed by atoms with Gasteiger partial charge in [0.1, 0.15) is 12.3 Å². The van der Waals surface area contributed by atoms with E-state index in [-0.39, 0.29) is 23.0 Å². The van der Waals surface area contributed by atoms with Crippen LogP contribution >= 0.6 is 11.8 Å². The number of fused-ring (bicyclic) bond motifs is 1. The third-order valence-corrected chi connectivity index (χ3v) is 6.65. The molecule has 0 radical (unpaired) electrons. The van der Waals surface area contributed by atoms with Crippen LogP contribution in [0.3, 0.4) is 0 Å². The van der Waals surface area contributed by atoms with Gasteiger partial charge < -0.3 is 9.69 Å². The number of hydrogen-bond donors (Lipinski definition) is 1. The minimum absolute atomic E-state index is 0.0965. The SMILES string of the molecule is O=C[C@@H]1CCCN1C(=O)[C@H]1NCSC1C(=O)CC1=Cc2ccccc2C1. The molecular weight excluding hydrogens is 348 g/mol. The monoisotopic (exact) mass is 370 g/mol. The van der Waals surface area contributed by atoms with Gasteiger partial charge in [0.15, 0.2) is 5.78 Å². The van der Waals surface area contributed by atoms with Crippen LogP contribution in [-0.4, -0.2) is 52.6 Å². The number of hydrogen-bond acceptors (Lipinski definition) is 5. The average Bonchev–Trinajstić information content (AvgIpc) is 3.38. The number of thioether (sulfide) groups is 1. The van der Waals surface area contributed by atoms with Crippen molar-refractivity contribution in [2.45, 2.75) is 43.0 Å². The van der Waals surface area contributed by atoms with E-state index in [0.29, 0.717) is 18.8 Å². The van der Waals surface area contributed by atoms with Crippen molar-refractivity contribution in [3.63, 3.8) is 0 Å². The predicted molar refractivity (Wildman–Crippen MR) is 102 cm³/mol. The third kappa shape index (κ3) is 3.23. The number of benzene rings is 1. The molecule has 2 fully saturated rings. The maximum Gasteiger partial charge on any atom is 0.241 e. The highest BCUT2D eigenvalue weighted by atomic mass is 32.2. The van der Waals surface area contributed by atoms with Crippen LogP contribution in [0.25, 0.3) is 6.08 Å². The molecule has 1 aromatic carbocycles. The first-order chi connectivity index (χ1) is 12.7. The van der Waals surface area contributed by atoms with Crippen LogP contribution in [-0.2, 0) is 20.8 Å². The largest absolute Gasteiger partial charge is 0.332 e. The number of rotatable bonds is 5. The van der Waals surface area contributed by atoms with Gasteiger partial charge in [-0.15, -0.1) is 11.8 Å². The number of nitrogens with zero attached hydrogens (tertiary/aromatic N) is 1. The summed E-state index contributed by atoms with van der Waals surface area (Å²) in [5.41, 5.74) is 3.55. The summed E-state index contributed by atoms with van der Waals surface area (Å²) in [4.78, 5) is 38.6. The zero-order chi connectivity index (χ0) is 18.1. The van der Waals surface area contributed by atoms with Crippen molar-refractivity contribution in [1.29, 1.82) is 0 Å². The van der Waals surface area contributed by atoms with Gasteiger partial charge in [0, 0.05) is 18.8 Å². The summed E-state index contributed by atoms with van der Waals surface area (Å²) < 4.78 is 0. The van der Waals surface area contributed by atoms with Crippen molar-refractivity contribution in [3.8, 4) is 0 Å². The molecule has 1 unspecified atom stereocenters. The van der Waals surface area contributed by atoms with E-state index < -0.39 is 6.04 Å². The minimum atomic E-state index is -0.516. The summed E-state index contributed by atoms with van der Waals surface area (Å²) in [6.07, 6.45) is 5.71. The molecule has 1 amide bonds. The molecule has 2 aliphatic heterocycles. The number of nitrogens with one attached hydrogen (secondary N) is 1. The molecule has 1 aliphatic carbocycles. The highest BCUT2D eigenvalue weighted by molar-refractivity contribution is 8.00. The maximum atomic E-state index is 12.9. The van der Waals surface area contributed by atoms with Gasteiger partial charge in [-0.25, -0.2) is 0 Å². The van der Waals surface area contributed by atoms with Gasteiger partial charge in [-0.2, -0.15) is 0 Å². The first kappa shape index (κ1) is 17.5. The molecule has 1 N–H and O–H groups in total. The van der Waals surface area contributed by atoms with Crippen molar-refractivity contribution in [2.24, 2.45) is 0 Å². The maximum absolute atomic E-state index is 12.9. The van der Waals surface area contributed by atoms with Crippen molar-refractivity contribution in [2.75, 3.05) is 12.4 Å². The van der Waals surface area contributed by atoms with Gasteiger partial charge in [-0.05, 0) is 30.4 Å². The molecule has 3 atom stereocenters. The average molecular weight is 370 g/mol. The van der Waals surface area contributed by atoms with Gasteiger partial charge in [0.25, 0.3) is 0 Å². The molecule has 5 nitrogen and oxygen atoms in total. The van der Waals surface area contributed by atoms with Crippen LogP contribution in [0.15, 0.2) is 29.8 Å². The molecular formula is C20H22N2O3S. The van der Waals surface area contributed by atoms with Gasteiger partial charge in [0.2, 0.25) is 5.91 Å². The molecule has 0 saturated carbocycles. The van der Waals surface area contributed by atoms with E-state index in [9.17, 15) is 14.4 Å². The quantitative estimate of drug-likeness (QED) is 0.801. The molecule has 0 spiro atoms. The summed E-state index contributed by atoms with van der Waals surface area (Å²) in [6, 6.07) is 7.33. The van der Waals surface area contributed by atoms with E-state index in [4.69, 9.17) is 0 Å². The molecule has 2 heterocycles. The Balaban J connectivity index is 1.43. The fraction of sp³-hybridized carbons (Fsp3) is 0.450. The predicted octanol–water partition coefficient (Wildman–Crippen LogP) is 1.81. The number of aldehydes is 1. The number of Topliss-reactive ketones (excluding diaryl/α,β-unsaturated/α-hetero) is 1. The number of allylic oxidation sites excluding steroid dienone is 1. The Kier molecular flexibility index (Phi) is 4.96. The first-order valence-electron chi connectivity index (χ1n) is 9.08. The van der Waals surface area contributed by atoms with Crippen LogP contribution in [0.1, 0.15) is 30.4 Å². The van der Waals surface area contributed by atoms with E-state index in [0.717, 1.165) is 31.1 Å². The van der Waals surface area contributed by atoms with Crippen molar-refractivity contribution in [1.82, 2.24) is 10.2 Å². The summed E-state index contributed by atoms with van der Waals surface area (Å²) >= 11 is 1.50.